The van der Waals surface area contributed by atoms with Crippen molar-refractivity contribution in [3.63, 3.8) is 0 Å². The second kappa shape index (κ2) is 1.59. The third kappa shape index (κ3) is 0.677. The average molecular weight is 97.1 g/mol. The molecule has 4 heteroatoms. The van der Waals surface area contributed by atoms with Gasteiger partial charge in [-0.15, -0.1) is 5.10 Å². The van der Waals surface area contributed by atoms with Gasteiger partial charge < -0.3 is 0 Å². The van der Waals surface area contributed by atoms with E-state index >= 15 is 0 Å². The van der Waals surface area contributed by atoms with E-state index in [-0.39, 0.29) is 0 Å². The topological polar surface area (TPSA) is 54.1 Å². The fourth-order valence-corrected chi connectivity index (χ4v) is 0.286. The van der Waals surface area contributed by atoms with Gasteiger partial charge in [-0.05, 0) is 5.22 Å². The summed E-state index contributed by atoms with van der Waals surface area (Å²) in [5.41, 5.74) is 0.403. The van der Waals surface area contributed by atoms with Gasteiger partial charge in [0.1, 0.15) is 12.3 Å². The fourth-order valence-electron chi connectivity index (χ4n) is 0.286. The molecule has 36 valence electrons. The third-order valence-corrected chi connectivity index (χ3v) is 0.605. The number of hydrogen-bond donors (Lipinski definition) is 0. The molecule has 0 aliphatic carbocycles. The zero-order valence-electron chi connectivity index (χ0n) is 3.53. The Bertz CT molecular complexity index is 137. The number of carbonyl (C=O) groups is 1. The van der Waals surface area contributed by atoms with E-state index in [1.807, 2.05) is 0 Å². The Morgan fingerprint density at radius 3 is 2.86 bits per heavy atom. The first-order valence-corrected chi connectivity index (χ1v) is 1.82. The van der Waals surface area contributed by atoms with Crippen LogP contribution in [0.1, 0.15) is 0 Å². The normalized spacial score (nSPS) is 16.9. The molecule has 0 N–H and O–H groups in total. The smallest absolute Gasteiger partial charge is 0.168 e. The summed E-state index contributed by atoms with van der Waals surface area (Å²) in [5.74, 6) is 0. The van der Waals surface area contributed by atoms with E-state index in [4.69, 9.17) is 0 Å². The van der Waals surface area contributed by atoms with Crippen molar-refractivity contribution in [1.82, 2.24) is 0 Å². The Hall–Kier alpha value is -1.06. The summed E-state index contributed by atoms with van der Waals surface area (Å²) in [6.07, 6.45) is 0.653. The van der Waals surface area contributed by atoms with Crippen molar-refractivity contribution in [2.45, 2.75) is 0 Å². The number of hydrogen-bond acceptors (Lipinski definition) is 4. The molecule has 1 aliphatic heterocycles. The first-order valence-electron chi connectivity index (χ1n) is 1.82. The highest BCUT2D eigenvalue weighted by molar-refractivity contribution is 6.29. The summed E-state index contributed by atoms with van der Waals surface area (Å²) in [6, 6.07) is 0. The van der Waals surface area contributed by atoms with Crippen molar-refractivity contribution in [2.24, 2.45) is 15.4 Å². The molecule has 0 atom stereocenters. The lowest BCUT2D eigenvalue weighted by Gasteiger charge is -1.71. The average Bonchev–Trinajstić information content (AvgIpc) is 2.14. The lowest BCUT2D eigenvalue weighted by atomic mass is 10.4. The highest BCUT2D eigenvalue weighted by Gasteiger charge is 1.98. The van der Waals surface area contributed by atoms with Crippen LogP contribution in [0.5, 0.6) is 0 Å². The van der Waals surface area contributed by atoms with Crippen molar-refractivity contribution >= 4 is 12.0 Å². The molecule has 0 saturated heterocycles. The summed E-state index contributed by atoms with van der Waals surface area (Å²) in [5, 5.41) is 10.0. The maximum absolute atomic E-state index is 9.76. The lowest BCUT2D eigenvalue weighted by Crippen LogP contribution is -1.98. The van der Waals surface area contributed by atoms with Crippen LogP contribution < -0.4 is 0 Å². The van der Waals surface area contributed by atoms with Crippen LogP contribution in [0.4, 0.5) is 0 Å². The predicted molar refractivity (Wildman–Crippen MR) is 23.2 cm³/mol. The molecule has 1 heterocycles. The monoisotopic (exact) mass is 97.0 g/mol. The predicted octanol–water partition coefficient (Wildman–Crippen LogP) is 0.00710. The van der Waals surface area contributed by atoms with Gasteiger partial charge in [-0.1, -0.05) is 0 Å². The molecule has 0 amide bonds. The van der Waals surface area contributed by atoms with Crippen LogP contribution in [0.3, 0.4) is 0 Å². The van der Waals surface area contributed by atoms with Gasteiger partial charge in [-0.2, -0.15) is 5.11 Å². The van der Waals surface area contributed by atoms with Crippen LogP contribution in [-0.2, 0) is 4.79 Å². The Balaban J connectivity index is 2.61. The van der Waals surface area contributed by atoms with Crippen LogP contribution in [0.25, 0.3) is 0 Å². The molecule has 4 nitrogen and oxygen atoms in total. The van der Waals surface area contributed by atoms with Gasteiger partial charge in [0, 0.05) is 0 Å². The minimum absolute atomic E-state index is 0.351. The molecule has 0 aromatic heterocycles. The molecule has 0 saturated carbocycles. The highest BCUT2D eigenvalue weighted by atomic mass is 16.1. The highest BCUT2D eigenvalue weighted by Crippen LogP contribution is 1.89. The van der Waals surface area contributed by atoms with Gasteiger partial charge in [0.25, 0.3) is 0 Å². The van der Waals surface area contributed by atoms with Gasteiger partial charge >= 0.3 is 0 Å². The summed E-state index contributed by atoms with van der Waals surface area (Å²) < 4.78 is 0. The Labute approximate surface area is 39.9 Å². The fraction of sp³-hybridized carbons (Fsp3) is 0.333. The van der Waals surface area contributed by atoms with Crippen molar-refractivity contribution in [2.75, 3.05) is 6.54 Å². The summed E-state index contributed by atoms with van der Waals surface area (Å²) in [4.78, 5) is 9.76. The van der Waals surface area contributed by atoms with E-state index in [1.54, 1.807) is 0 Å². The first-order chi connectivity index (χ1) is 3.43. The molecule has 1 rings (SSSR count). The van der Waals surface area contributed by atoms with E-state index in [0.29, 0.717) is 18.5 Å². The van der Waals surface area contributed by atoms with E-state index in [2.05, 4.69) is 15.4 Å². The molecule has 0 unspecified atom stereocenters. The van der Waals surface area contributed by atoms with Crippen LogP contribution in [0, 0.1) is 0 Å². The second-order valence-corrected chi connectivity index (χ2v) is 1.10. The molecule has 0 fully saturated rings. The van der Waals surface area contributed by atoms with Crippen LogP contribution in [-0.4, -0.2) is 18.5 Å². The van der Waals surface area contributed by atoms with Gasteiger partial charge in [-0.3, -0.25) is 4.79 Å². The van der Waals surface area contributed by atoms with Crippen molar-refractivity contribution in [3.8, 4) is 0 Å². The molecule has 0 spiro atoms. The SMILES string of the molecule is O=CC1=NN=NC1. The van der Waals surface area contributed by atoms with Gasteiger partial charge in [0.15, 0.2) is 6.29 Å². The third-order valence-electron chi connectivity index (χ3n) is 0.605. The molecule has 0 radical (unpaired) electrons. The summed E-state index contributed by atoms with van der Waals surface area (Å²) >= 11 is 0. The largest absolute Gasteiger partial charge is 0.296 e. The molecule has 1 aliphatic rings. The summed E-state index contributed by atoms with van der Waals surface area (Å²) in [7, 11) is 0. The molecule has 0 aromatic carbocycles. The number of rotatable bonds is 1. The second-order valence-electron chi connectivity index (χ2n) is 1.10. The van der Waals surface area contributed by atoms with Crippen LogP contribution in [0.2, 0.25) is 0 Å². The first kappa shape index (κ1) is 4.11. The quantitative estimate of drug-likeness (QED) is 0.425. The van der Waals surface area contributed by atoms with E-state index in [9.17, 15) is 4.79 Å². The van der Waals surface area contributed by atoms with Crippen molar-refractivity contribution in [3.05, 3.63) is 0 Å². The Kier molecular flexibility index (Phi) is 0.934. The molecule has 0 aromatic rings. The van der Waals surface area contributed by atoms with Gasteiger partial charge in [-0.25, -0.2) is 0 Å². The Morgan fingerprint density at radius 1 is 1.71 bits per heavy atom. The van der Waals surface area contributed by atoms with E-state index < -0.39 is 0 Å². The molecule has 7 heavy (non-hydrogen) atoms. The number of carbonyl (C=O) groups excluding carboxylic acids is 1. The minimum Gasteiger partial charge on any atom is -0.296 e. The van der Waals surface area contributed by atoms with Crippen LogP contribution >= 0.6 is 0 Å². The maximum Gasteiger partial charge on any atom is 0.168 e. The van der Waals surface area contributed by atoms with Crippen molar-refractivity contribution in [1.29, 1.82) is 0 Å². The molecule has 0 bridgehead atoms. The number of aldehydes is 1. The lowest BCUT2D eigenvalue weighted by molar-refractivity contribution is -0.102. The van der Waals surface area contributed by atoms with Gasteiger partial charge in [0.05, 0.1) is 0 Å². The molecular weight excluding hydrogens is 94.1 g/mol. The van der Waals surface area contributed by atoms with E-state index in [0.717, 1.165) is 0 Å². The standard InChI is InChI=1S/C3H3N3O/c7-2-3-1-4-6-5-3/h2H,1H2. The van der Waals surface area contributed by atoms with E-state index in [1.165, 1.54) is 0 Å². The summed E-state index contributed by atoms with van der Waals surface area (Å²) in [6.45, 7) is 0.351. The Morgan fingerprint density at radius 2 is 2.57 bits per heavy atom. The maximum atomic E-state index is 9.76. The van der Waals surface area contributed by atoms with Gasteiger partial charge in [0.2, 0.25) is 0 Å². The minimum atomic E-state index is 0.351. The zero-order chi connectivity index (χ0) is 5.11. The van der Waals surface area contributed by atoms with Crippen LogP contribution in [0.15, 0.2) is 15.4 Å². The number of nitrogens with zero attached hydrogens (tertiary/aromatic N) is 3. The van der Waals surface area contributed by atoms with Crippen molar-refractivity contribution < 1.29 is 4.79 Å². The zero-order valence-corrected chi connectivity index (χ0v) is 3.53. The molecular formula is C3H3N3O.